The number of rotatable bonds is 4. The Morgan fingerprint density at radius 2 is 1.95 bits per heavy atom. The molecule has 1 aromatic heterocycles. The van der Waals surface area contributed by atoms with E-state index >= 15 is 0 Å². The summed E-state index contributed by atoms with van der Waals surface area (Å²) in [6, 6.07) is 0. The summed E-state index contributed by atoms with van der Waals surface area (Å²) in [4.78, 5) is 4.40. The summed E-state index contributed by atoms with van der Waals surface area (Å²) in [5.41, 5.74) is -0.0653. The summed E-state index contributed by atoms with van der Waals surface area (Å²) in [6.45, 7) is 6.27. The summed E-state index contributed by atoms with van der Waals surface area (Å²) in [6.07, 6.45) is 3.89. The molecule has 1 N–H and O–H groups in total. The van der Waals surface area contributed by atoms with Crippen LogP contribution in [0.4, 0.5) is 0 Å². The summed E-state index contributed by atoms with van der Waals surface area (Å²) >= 11 is 0. The lowest BCUT2D eigenvalue weighted by atomic mass is 9.70. The van der Waals surface area contributed by atoms with E-state index in [4.69, 9.17) is 9.26 Å². The molecule has 0 radical (unpaired) electrons. The van der Waals surface area contributed by atoms with Crippen LogP contribution >= 0.6 is 0 Å². The number of aromatic nitrogens is 2. The van der Waals surface area contributed by atoms with Gasteiger partial charge in [-0.3, -0.25) is 0 Å². The molecule has 1 aliphatic carbocycles. The van der Waals surface area contributed by atoms with Gasteiger partial charge in [0.1, 0.15) is 5.60 Å². The number of aliphatic hydroxyl groups is 1. The maximum atomic E-state index is 9.36. The summed E-state index contributed by atoms with van der Waals surface area (Å²) < 4.78 is 10.9. The van der Waals surface area contributed by atoms with E-state index in [2.05, 4.69) is 24.0 Å². The summed E-state index contributed by atoms with van der Waals surface area (Å²) in [5.74, 6) is 1.10. The molecule has 1 saturated carbocycles. The highest BCUT2D eigenvalue weighted by atomic mass is 16.5. The fraction of sp³-hybridized carbons (Fsp3) is 0.857. The van der Waals surface area contributed by atoms with E-state index in [-0.39, 0.29) is 0 Å². The van der Waals surface area contributed by atoms with Gasteiger partial charge in [0.2, 0.25) is 11.7 Å². The van der Waals surface area contributed by atoms with Crippen LogP contribution in [0.25, 0.3) is 0 Å². The minimum Gasteiger partial charge on any atom is -0.393 e. The number of methoxy groups -OCH3 is 1. The van der Waals surface area contributed by atoms with Crippen molar-refractivity contribution in [2.45, 2.75) is 64.6 Å². The first-order chi connectivity index (χ1) is 8.87. The van der Waals surface area contributed by atoms with Gasteiger partial charge in [0.05, 0.1) is 12.5 Å². The lowest BCUT2D eigenvalue weighted by Crippen LogP contribution is -2.37. The maximum Gasteiger partial charge on any atom is 0.229 e. The molecule has 1 heterocycles. The molecule has 5 nitrogen and oxygen atoms in total. The molecule has 108 valence electrons. The van der Waals surface area contributed by atoms with Gasteiger partial charge in [0, 0.05) is 7.11 Å². The Balaban J connectivity index is 2.16. The zero-order valence-corrected chi connectivity index (χ0v) is 12.3. The minimum atomic E-state index is -0.475. The first kappa shape index (κ1) is 14.5. The Morgan fingerprint density at radius 3 is 2.47 bits per heavy atom. The van der Waals surface area contributed by atoms with E-state index in [1.165, 1.54) is 0 Å². The Hall–Kier alpha value is -0.940. The van der Waals surface area contributed by atoms with Crippen molar-refractivity contribution in [2.75, 3.05) is 7.11 Å². The molecule has 1 unspecified atom stereocenters. The molecule has 1 fully saturated rings. The van der Waals surface area contributed by atoms with Crippen LogP contribution in [-0.2, 0) is 16.8 Å². The third-order valence-electron chi connectivity index (χ3n) is 4.15. The average molecular weight is 268 g/mol. The number of aliphatic hydroxyl groups excluding tert-OH is 1. The second-order valence-corrected chi connectivity index (χ2v) is 6.43. The van der Waals surface area contributed by atoms with Gasteiger partial charge >= 0.3 is 0 Å². The van der Waals surface area contributed by atoms with E-state index in [1.54, 1.807) is 14.0 Å². The zero-order valence-electron chi connectivity index (χ0n) is 12.3. The van der Waals surface area contributed by atoms with Crippen LogP contribution in [0.1, 0.15) is 58.2 Å². The molecule has 0 aliphatic heterocycles. The van der Waals surface area contributed by atoms with Crippen molar-refractivity contribution in [1.82, 2.24) is 10.1 Å². The SMILES string of the molecule is COC1(c2noc(CC(C)O)n2)CCC(C)(C)CC1. The molecular formula is C14H24N2O3. The summed E-state index contributed by atoms with van der Waals surface area (Å²) in [5, 5.41) is 13.4. The predicted molar refractivity (Wildman–Crippen MR) is 70.6 cm³/mol. The van der Waals surface area contributed by atoms with Gasteiger partial charge in [-0.05, 0) is 38.0 Å². The highest BCUT2D eigenvalue weighted by Gasteiger charge is 2.43. The van der Waals surface area contributed by atoms with Crippen LogP contribution in [0, 0.1) is 5.41 Å². The number of hydrogen-bond donors (Lipinski definition) is 1. The molecule has 2 rings (SSSR count). The molecule has 1 aromatic rings. The average Bonchev–Trinajstić information content (AvgIpc) is 2.78. The second-order valence-electron chi connectivity index (χ2n) is 6.43. The predicted octanol–water partition coefficient (Wildman–Crippen LogP) is 2.43. The van der Waals surface area contributed by atoms with Crippen molar-refractivity contribution in [3.63, 3.8) is 0 Å². The molecule has 0 saturated heterocycles. The van der Waals surface area contributed by atoms with Crippen LogP contribution < -0.4 is 0 Å². The largest absolute Gasteiger partial charge is 0.393 e. The van der Waals surface area contributed by atoms with Crippen molar-refractivity contribution < 1.29 is 14.4 Å². The standard InChI is InChI=1S/C14H24N2O3/c1-10(17)9-11-15-12(16-19-11)14(18-4)7-5-13(2,3)6-8-14/h10,17H,5-9H2,1-4H3. The van der Waals surface area contributed by atoms with E-state index < -0.39 is 11.7 Å². The monoisotopic (exact) mass is 268 g/mol. The zero-order chi connectivity index (χ0) is 14.1. The van der Waals surface area contributed by atoms with Gasteiger partial charge in [0.25, 0.3) is 0 Å². The molecule has 5 heteroatoms. The van der Waals surface area contributed by atoms with E-state index in [9.17, 15) is 5.11 Å². The van der Waals surface area contributed by atoms with E-state index in [0.717, 1.165) is 25.7 Å². The van der Waals surface area contributed by atoms with Crippen molar-refractivity contribution in [3.05, 3.63) is 11.7 Å². The Bertz CT molecular complexity index is 416. The van der Waals surface area contributed by atoms with Gasteiger partial charge in [-0.1, -0.05) is 19.0 Å². The molecule has 19 heavy (non-hydrogen) atoms. The second kappa shape index (κ2) is 5.21. The minimum absolute atomic E-state index is 0.355. The number of ether oxygens (including phenoxy) is 1. The third-order valence-corrected chi connectivity index (χ3v) is 4.15. The fourth-order valence-electron chi connectivity index (χ4n) is 2.63. The van der Waals surface area contributed by atoms with Gasteiger partial charge in [-0.25, -0.2) is 0 Å². The van der Waals surface area contributed by atoms with Crippen LogP contribution in [0.5, 0.6) is 0 Å². The molecular weight excluding hydrogens is 244 g/mol. The van der Waals surface area contributed by atoms with Crippen molar-refractivity contribution in [2.24, 2.45) is 5.41 Å². The number of hydrogen-bond acceptors (Lipinski definition) is 5. The molecule has 0 spiro atoms. The Morgan fingerprint density at radius 1 is 1.32 bits per heavy atom. The fourth-order valence-corrected chi connectivity index (χ4v) is 2.63. The van der Waals surface area contributed by atoms with E-state index in [0.29, 0.717) is 23.6 Å². The summed E-state index contributed by atoms with van der Waals surface area (Å²) in [7, 11) is 1.71. The topological polar surface area (TPSA) is 68.4 Å². The Labute approximate surface area is 114 Å². The van der Waals surface area contributed by atoms with Crippen molar-refractivity contribution in [1.29, 1.82) is 0 Å². The normalized spacial score (nSPS) is 23.2. The molecule has 1 atom stereocenters. The van der Waals surface area contributed by atoms with Gasteiger partial charge in [-0.15, -0.1) is 0 Å². The van der Waals surface area contributed by atoms with Gasteiger partial charge in [0.15, 0.2) is 0 Å². The molecule has 0 aromatic carbocycles. The van der Waals surface area contributed by atoms with Crippen LogP contribution in [0.3, 0.4) is 0 Å². The van der Waals surface area contributed by atoms with Crippen LogP contribution in [-0.4, -0.2) is 28.5 Å². The number of nitrogens with zero attached hydrogens (tertiary/aromatic N) is 2. The molecule has 0 bridgehead atoms. The Kier molecular flexibility index (Phi) is 3.97. The van der Waals surface area contributed by atoms with Crippen molar-refractivity contribution >= 4 is 0 Å². The highest BCUT2D eigenvalue weighted by Crippen LogP contribution is 2.46. The van der Waals surface area contributed by atoms with Gasteiger partial charge < -0.3 is 14.4 Å². The molecule has 0 amide bonds. The molecule has 1 aliphatic rings. The highest BCUT2D eigenvalue weighted by molar-refractivity contribution is 5.05. The van der Waals surface area contributed by atoms with Crippen LogP contribution in [0.15, 0.2) is 4.52 Å². The van der Waals surface area contributed by atoms with Gasteiger partial charge in [-0.2, -0.15) is 4.98 Å². The van der Waals surface area contributed by atoms with Crippen LogP contribution in [0.2, 0.25) is 0 Å². The first-order valence-electron chi connectivity index (χ1n) is 6.93. The maximum absolute atomic E-state index is 9.36. The lowest BCUT2D eigenvalue weighted by molar-refractivity contribution is -0.0740. The quantitative estimate of drug-likeness (QED) is 0.908. The smallest absolute Gasteiger partial charge is 0.229 e. The first-order valence-corrected chi connectivity index (χ1v) is 6.93. The van der Waals surface area contributed by atoms with Crippen molar-refractivity contribution in [3.8, 4) is 0 Å². The van der Waals surface area contributed by atoms with E-state index in [1.807, 2.05) is 0 Å². The third kappa shape index (κ3) is 3.15. The lowest BCUT2D eigenvalue weighted by Gasteiger charge is -2.40.